The summed E-state index contributed by atoms with van der Waals surface area (Å²) in [5, 5.41) is 12.8. The fourth-order valence-corrected chi connectivity index (χ4v) is 6.80. The fraction of sp³-hybridized carbons (Fsp3) is 0.714. The molecule has 4 saturated carbocycles. The van der Waals surface area contributed by atoms with E-state index in [9.17, 15) is 0 Å². The lowest BCUT2D eigenvalue weighted by Gasteiger charge is -2.65. The van der Waals surface area contributed by atoms with Crippen molar-refractivity contribution in [3.8, 4) is 5.75 Å². The second kappa shape index (κ2) is 5.74. The lowest BCUT2D eigenvalue weighted by Crippen LogP contribution is -2.63. The molecule has 0 amide bonds. The van der Waals surface area contributed by atoms with Crippen molar-refractivity contribution in [2.24, 2.45) is 16.7 Å². The predicted molar refractivity (Wildman–Crippen MR) is 96.0 cm³/mol. The van der Waals surface area contributed by atoms with Crippen LogP contribution in [0.15, 0.2) is 24.3 Å². The summed E-state index contributed by atoms with van der Waals surface area (Å²) in [6, 6.07) is 8.30. The molecule has 1 aromatic carbocycles. The highest BCUT2D eigenvalue weighted by molar-refractivity contribution is 5.27. The highest BCUT2D eigenvalue weighted by Gasteiger charge is 2.59. The Morgan fingerprint density at radius 1 is 1.04 bits per heavy atom. The van der Waals surface area contributed by atoms with Gasteiger partial charge in [-0.2, -0.15) is 0 Å². The second-order valence-electron chi connectivity index (χ2n) is 9.48. The zero-order valence-corrected chi connectivity index (χ0v) is 15.1. The van der Waals surface area contributed by atoms with Crippen molar-refractivity contribution in [3.63, 3.8) is 0 Å². The van der Waals surface area contributed by atoms with Crippen LogP contribution in [0.4, 0.5) is 0 Å². The summed E-state index contributed by atoms with van der Waals surface area (Å²) in [5.74, 6) is 1.76. The van der Waals surface area contributed by atoms with Gasteiger partial charge in [-0.1, -0.05) is 26.0 Å². The van der Waals surface area contributed by atoms with Crippen molar-refractivity contribution < 1.29 is 9.84 Å². The molecule has 0 aromatic heterocycles. The summed E-state index contributed by atoms with van der Waals surface area (Å²) in [4.78, 5) is 0. The van der Waals surface area contributed by atoms with Gasteiger partial charge < -0.3 is 15.2 Å². The molecule has 0 saturated heterocycles. The number of benzene rings is 1. The Kier molecular flexibility index (Phi) is 3.92. The molecule has 24 heavy (non-hydrogen) atoms. The molecule has 4 bridgehead atoms. The average Bonchev–Trinajstić information content (AvgIpc) is 2.48. The largest absolute Gasteiger partial charge is 0.491 e. The number of rotatable bonds is 6. The van der Waals surface area contributed by atoms with Gasteiger partial charge >= 0.3 is 0 Å². The van der Waals surface area contributed by atoms with Crippen molar-refractivity contribution in [2.75, 3.05) is 13.2 Å². The van der Waals surface area contributed by atoms with Gasteiger partial charge in [0, 0.05) is 12.1 Å². The molecule has 0 radical (unpaired) electrons. The monoisotopic (exact) mass is 329 g/mol. The average molecular weight is 329 g/mol. The Hall–Kier alpha value is -1.06. The maximum atomic E-state index is 8.82. The van der Waals surface area contributed by atoms with E-state index >= 15 is 0 Å². The van der Waals surface area contributed by atoms with Crippen molar-refractivity contribution in [1.82, 2.24) is 5.32 Å². The molecule has 0 heterocycles. The quantitative estimate of drug-likeness (QED) is 0.832. The number of ether oxygens (including phenoxy) is 1. The van der Waals surface area contributed by atoms with E-state index in [0.29, 0.717) is 23.0 Å². The number of nitrogens with one attached hydrogen (secondary N) is 1. The molecular weight excluding hydrogens is 298 g/mol. The van der Waals surface area contributed by atoms with Crippen LogP contribution in [0.1, 0.15) is 57.9 Å². The van der Waals surface area contributed by atoms with Crippen molar-refractivity contribution >= 4 is 0 Å². The molecule has 0 spiro atoms. The molecular formula is C21H31NO2. The van der Waals surface area contributed by atoms with Crippen LogP contribution in [-0.2, 0) is 6.54 Å². The third-order valence-electron chi connectivity index (χ3n) is 6.58. The summed E-state index contributed by atoms with van der Waals surface area (Å²) < 4.78 is 5.44. The standard InChI is InChI=1S/C21H31NO2/c1-19-9-17-10-20(2,13-19)15-21(11-17,14-19)22-12-16-3-5-18(6-4-16)24-8-7-23/h3-6,17,22-23H,7-15H2,1-2H3. The molecule has 3 heteroatoms. The number of hydrogen-bond acceptors (Lipinski definition) is 3. The van der Waals surface area contributed by atoms with E-state index in [1.807, 2.05) is 12.1 Å². The van der Waals surface area contributed by atoms with Gasteiger partial charge in [0.15, 0.2) is 0 Å². The second-order valence-corrected chi connectivity index (χ2v) is 9.48. The number of aliphatic hydroxyl groups excluding tert-OH is 1. The predicted octanol–water partition coefficient (Wildman–Crippen LogP) is 3.90. The molecule has 5 rings (SSSR count). The van der Waals surface area contributed by atoms with Gasteiger partial charge in [-0.05, 0) is 73.0 Å². The zero-order valence-electron chi connectivity index (χ0n) is 15.1. The molecule has 4 aliphatic rings. The van der Waals surface area contributed by atoms with Crippen LogP contribution >= 0.6 is 0 Å². The SMILES string of the molecule is CC12CC3CC(C)(C1)CC(NCc1ccc(OCCO)cc1)(C3)C2. The van der Waals surface area contributed by atoms with E-state index < -0.39 is 0 Å². The van der Waals surface area contributed by atoms with E-state index in [2.05, 4.69) is 31.3 Å². The molecule has 1 aromatic rings. The lowest BCUT2D eigenvalue weighted by molar-refractivity contribution is -0.118. The maximum absolute atomic E-state index is 8.82. The molecule has 4 fully saturated rings. The highest BCUT2D eigenvalue weighted by atomic mass is 16.5. The Morgan fingerprint density at radius 2 is 1.71 bits per heavy atom. The zero-order chi connectivity index (χ0) is 16.8. The Morgan fingerprint density at radius 3 is 2.29 bits per heavy atom. The summed E-state index contributed by atoms with van der Waals surface area (Å²) in [6.45, 7) is 6.42. The van der Waals surface area contributed by atoms with Crippen LogP contribution in [0.3, 0.4) is 0 Å². The minimum atomic E-state index is 0.0600. The molecule has 4 aliphatic carbocycles. The Labute approximate surface area is 145 Å². The normalized spacial score (nSPS) is 40.0. The highest BCUT2D eigenvalue weighted by Crippen LogP contribution is 2.66. The van der Waals surface area contributed by atoms with E-state index in [4.69, 9.17) is 9.84 Å². The summed E-state index contributed by atoms with van der Waals surface area (Å²) in [5.41, 5.74) is 2.79. The van der Waals surface area contributed by atoms with Gasteiger partial charge in [-0.15, -0.1) is 0 Å². The van der Waals surface area contributed by atoms with E-state index in [0.717, 1.165) is 18.2 Å². The van der Waals surface area contributed by atoms with Gasteiger partial charge in [0.1, 0.15) is 12.4 Å². The van der Waals surface area contributed by atoms with Crippen molar-refractivity contribution in [3.05, 3.63) is 29.8 Å². The summed E-state index contributed by atoms with van der Waals surface area (Å²) in [7, 11) is 0. The van der Waals surface area contributed by atoms with Gasteiger partial charge in [0.05, 0.1) is 6.61 Å². The molecule has 2 N–H and O–H groups in total. The molecule has 2 atom stereocenters. The van der Waals surface area contributed by atoms with E-state index in [1.54, 1.807) is 0 Å². The van der Waals surface area contributed by atoms with Crippen LogP contribution in [-0.4, -0.2) is 23.9 Å². The van der Waals surface area contributed by atoms with Crippen LogP contribution < -0.4 is 10.1 Å². The van der Waals surface area contributed by atoms with Gasteiger partial charge in [-0.3, -0.25) is 0 Å². The molecule has 3 nitrogen and oxygen atoms in total. The molecule has 132 valence electrons. The van der Waals surface area contributed by atoms with Gasteiger partial charge in [0.25, 0.3) is 0 Å². The first-order chi connectivity index (χ1) is 11.4. The maximum Gasteiger partial charge on any atom is 0.119 e. The van der Waals surface area contributed by atoms with Crippen molar-refractivity contribution in [2.45, 2.75) is 64.5 Å². The molecule has 2 unspecified atom stereocenters. The lowest BCUT2D eigenvalue weighted by atomic mass is 9.43. The first-order valence-electron chi connectivity index (χ1n) is 9.49. The smallest absolute Gasteiger partial charge is 0.119 e. The Balaban J connectivity index is 1.42. The number of hydrogen-bond donors (Lipinski definition) is 2. The molecule has 0 aliphatic heterocycles. The summed E-state index contributed by atoms with van der Waals surface area (Å²) >= 11 is 0. The van der Waals surface area contributed by atoms with Crippen molar-refractivity contribution in [1.29, 1.82) is 0 Å². The van der Waals surface area contributed by atoms with Gasteiger partial charge in [0.2, 0.25) is 0 Å². The van der Waals surface area contributed by atoms with E-state index in [1.165, 1.54) is 44.1 Å². The third-order valence-corrected chi connectivity index (χ3v) is 6.58. The summed E-state index contributed by atoms with van der Waals surface area (Å²) in [6.07, 6.45) is 8.39. The topological polar surface area (TPSA) is 41.5 Å². The Bertz CT molecular complexity index is 578. The number of aliphatic hydroxyl groups is 1. The van der Waals surface area contributed by atoms with Gasteiger partial charge in [-0.25, -0.2) is 0 Å². The first-order valence-corrected chi connectivity index (χ1v) is 9.49. The minimum Gasteiger partial charge on any atom is -0.491 e. The fourth-order valence-electron chi connectivity index (χ4n) is 6.80. The minimum absolute atomic E-state index is 0.0600. The van der Waals surface area contributed by atoms with Crippen LogP contribution in [0, 0.1) is 16.7 Å². The first kappa shape index (κ1) is 16.4. The van der Waals surface area contributed by atoms with Crippen LogP contribution in [0.25, 0.3) is 0 Å². The van der Waals surface area contributed by atoms with Crippen LogP contribution in [0.2, 0.25) is 0 Å². The van der Waals surface area contributed by atoms with Crippen LogP contribution in [0.5, 0.6) is 5.75 Å². The third kappa shape index (κ3) is 3.09. The van der Waals surface area contributed by atoms with E-state index in [-0.39, 0.29) is 6.61 Å².